The molecule has 66 valence electrons. The number of rotatable bonds is 2. The highest BCUT2D eigenvalue weighted by Gasteiger charge is 2.00. The molecule has 0 saturated carbocycles. The fourth-order valence-electron chi connectivity index (χ4n) is 0.962. The third-order valence-corrected chi connectivity index (χ3v) is 2.26. The Hall–Kier alpha value is -0.870. The summed E-state index contributed by atoms with van der Waals surface area (Å²) < 4.78 is 31.2. The molecule has 1 aromatic rings. The van der Waals surface area contributed by atoms with E-state index in [2.05, 4.69) is 0 Å². The van der Waals surface area contributed by atoms with Crippen molar-refractivity contribution in [3.8, 4) is 0 Å². The standard InChI is InChI=1S/C8H10O3S/c1-7-4-2-3-5-8(7)6-12(9,10)11/h2-5H,6H2,1H3,(H,9,10,11)/p-1. The van der Waals surface area contributed by atoms with Crippen LogP contribution in [0.4, 0.5) is 0 Å². The molecule has 0 fully saturated rings. The molecular formula is C8H9O3S-. The molecular weight excluding hydrogens is 176 g/mol. The van der Waals surface area contributed by atoms with Gasteiger partial charge in [-0.3, -0.25) is 0 Å². The molecule has 0 saturated heterocycles. The van der Waals surface area contributed by atoms with Crippen LogP contribution in [-0.2, 0) is 15.9 Å². The molecule has 0 heterocycles. The Balaban J connectivity index is 2.98. The summed E-state index contributed by atoms with van der Waals surface area (Å²) in [6, 6.07) is 6.94. The third-order valence-electron chi connectivity index (χ3n) is 1.59. The topological polar surface area (TPSA) is 57.2 Å². The van der Waals surface area contributed by atoms with Gasteiger partial charge in [0.2, 0.25) is 0 Å². The molecule has 0 spiro atoms. The molecule has 1 aromatic carbocycles. The summed E-state index contributed by atoms with van der Waals surface area (Å²) in [5, 5.41) is 0. The average molecular weight is 185 g/mol. The van der Waals surface area contributed by atoms with Crippen LogP contribution in [0.2, 0.25) is 0 Å². The van der Waals surface area contributed by atoms with E-state index < -0.39 is 15.9 Å². The minimum atomic E-state index is -4.15. The van der Waals surface area contributed by atoms with Crippen LogP contribution in [-0.4, -0.2) is 13.0 Å². The van der Waals surface area contributed by atoms with Crippen LogP contribution in [0.3, 0.4) is 0 Å². The molecule has 0 atom stereocenters. The predicted octanol–water partition coefficient (Wildman–Crippen LogP) is 1.04. The van der Waals surface area contributed by atoms with Gasteiger partial charge in [-0.05, 0) is 18.1 Å². The lowest BCUT2D eigenvalue weighted by Crippen LogP contribution is -2.03. The minimum absolute atomic E-state index is 0.417. The Bertz CT molecular complexity index is 368. The third kappa shape index (κ3) is 2.64. The highest BCUT2D eigenvalue weighted by Crippen LogP contribution is 2.09. The van der Waals surface area contributed by atoms with Gasteiger partial charge >= 0.3 is 0 Å². The first-order valence-electron chi connectivity index (χ1n) is 3.47. The SMILES string of the molecule is Cc1ccccc1CS(=O)(=O)[O-]. The molecule has 0 N–H and O–H groups in total. The van der Waals surface area contributed by atoms with E-state index in [4.69, 9.17) is 0 Å². The Labute approximate surface area is 71.8 Å². The van der Waals surface area contributed by atoms with Crippen molar-refractivity contribution < 1.29 is 13.0 Å². The summed E-state index contributed by atoms with van der Waals surface area (Å²) in [4.78, 5) is 0. The van der Waals surface area contributed by atoms with Gasteiger partial charge in [-0.25, -0.2) is 8.42 Å². The number of hydrogen-bond acceptors (Lipinski definition) is 3. The predicted molar refractivity (Wildman–Crippen MR) is 44.6 cm³/mol. The van der Waals surface area contributed by atoms with Gasteiger partial charge < -0.3 is 4.55 Å². The number of benzene rings is 1. The second-order valence-electron chi connectivity index (χ2n) is 2.63. The quantitative estimate of drug-likeness (QED) is 0.647. The van der Waals surface area contributed by atoms with Crippen molar-refractivity contribution in [1.82, 2.24) is 0 Å². The highest BCUT2D eigenvalue weighted by atomic mass is 32.2. The van der Waals surface area contributed by atoms with Crippen LogP contribution in [0.1, 0.15) is 11.1 Å². The molecule has 0 aliphatic rings. The van der Waals surface area contributed by atoms with E-state index in [1.165, 1.54) is 0 Å². The molecule has 1 rings (SSSR count). The molecule has 12 heavy (non-hydrogen) atoms. The molecule has 0 bridgehead atoms. The zero-order valence-electron chi connectivity index (χ0n) is 6.65. The van der Waals surface area contributed by atoms with E-state index in [0.29, 0.717) is 5.56 Å². The van der Waals surface area contributed by atoms with Crippen LogP contribution in [0, 0.1) is 6.92 Å². The van der Waals surface area contributed by atoms with E-state index in [0.717, 1.165) is 5.56 Å². The summed E-state index contributed by atoms with van der Waals surface area (Å²) >= 11 is 0. The van der Waals surface area contributed by atoms with Gasteiger partial charge in [-0.2, -0.15) is 0 Å². The smallest absolute Gasteiger partial charge is 0.0988 e. The summed E-state index contributed by atoms with van der Waals surface area (Å²) in [5.41, 5.74) is 1.41. The second kappa shape index (κ2) is 3.25. The van der Waals surface area contributed by atoms with Gasteiger partial charge in [0, 0.05) is 0 Å². The lowest BCUT2D eigenvalue weighted by molar-refractivity contribution is 0.462. The summed E-state index contributed by atoms with van der Waals surface area (Å²) in [6.45, 7) is 1.78. The largest absolute Gasteiger partial charge is 0.748 e. The van der Waals surface area contributed by atoms with E-state index in [-0.39, 0.29) is 0 Å². The maximum atomic E-state index is 10.4. The monoisotopic (exact) mass is 185 g/mol. The molecule has 4 heteroatoms. The fourth-order valence-corrected chi connectivity index (χ4v) is 1.67. The molecule has 0 radical (unpaired) electrons. The Morgan fingerprint density at radius 1 is 1.33 bits per heavy atom. The maximum absolute atomic E-state index is 10.4. The van der Waals surface area contributed by atoms with Gasteiger partial charge in [-0.15, -0.1) is 0 Å². The molecule has 0 aliphatic heterocycles. The first-order valence-corrected chi connectivity index (χ1v) is 5.05. The van der Waals surface area contributed by atoms with Gasteiger partial charge in [0.15, 0.2) is 0 Å². The van der Waals surface area contributed by atoms with E-state index in [9.17, 15) is 13.0 Å². The maximum Gasteiger partial charge on any atom is 0.0988 e. The van der Waals surface area contributed by atoms with Gasteiger partial charge in [-0.1, -0.05) is 24.3 Å². The molecule has 0 unspecified atom stereocenters. The number of aryl methyl sites for hydroxylation is 1. The fraction of sp³-hybridized carbons (Fsp3) is 0.250. The van der Waals surface area contributed by atoms with Gasteiger partial charge in [0.1, 0.15) is 0 Å². The normalized spacial score (nSPS) is 11.5. The van der Waals surface area contributed by atoms with Crippen molar-refractivity contribution in [2.45, 2.75) is 12.7 Å². The van der Waals surface area contributed by atoms with E-state index in [1.54, 1.807) is 31.2 Å². The van der Waals surface area contributed by atoms with Crippen LogP contribution in [0.5, 0.6) is 0 Å². The zero-order chi connectivity index (χ0) is 9.19. The second-order valence-corrected chi connectivity index (χ2v) is 4.03. The lowest BCUT2D eigenvalue weighted by Gasteiger charge is -2.08. The van der Waals surface area contributed by atoms with Crippen LogP contribution < -0.4 is 0 Å². The van der Waals surface area contributed by atoms with E-state index in [1.807, 2.05) is 0 Å². The lowest BCUT2D eigenvalue weighted by atomic mass is 10.1. The Kier molecular flexibility index (Phi) is 2.49. The minimum Gasteiger partial charge on any atom is -0.748 e. The van der Waals surface area contributed by atoms with Crippen molar-refractivity contribution >= 4 is 10.1 Å². The summed E-state index contributed by atoms with van der Waals surface area (Å²) in [5.74, 6) is -0.417. The Morgan fingerprint density at radius 2 is 1.92 bits per heavy atom. The first-order chi connectivity index (χ1) is 5.49. The summed E-state index contributed by atoms with van der Waals surface area (Å²) in [6.07, 6.45) is 0. The van der Waals surface area contributed by atoms with Crippen molar-refractivity contribution in [3.63, 3.8) is 0 Å². The van der Waals surface area contributed by atoms with E-state index >= 15 is 0 Å². The molecule has 0 amide bonds. The zero-order valence-corrected chi connectivity index (χ0v) is 7.47. The van der Waals surface area contributed by atoms with Crippen LogP contribution in [0.15, 0.2) is 24.3 Å². The highest BCUT2D eigenvalue weighted by molar-refractivity contribution is 7.84. The molecule has 3 nitrogen and oxygen atoms in total. The van der Waals surface area contributed by atoms with Crippen LogP contribution >= 0.6 is 0 Å². The Morgan fingerprint density at radius 3 is 2.42 bits per heavy atom. The molecule has 0 aliphatic carbocycles. The van der Waals surface area contributed by atoms with Crippen molar-refractivity contribution in [1.29, 1.82) is 0 Å². The first kappa shape index (κ1) is 9.22. The van der Waals surface area contributed by atoms with Crippen molar-refractivity contribution in [3.05, 3.63) is 35.4 Å². The summed E-state index contributed by atoms with van der Waals surface area (Å²) in [7, 11) is -4.15. The number of hydrogen-bond donors (Lipinski definition) is 0. The van der Waals surface area contributed by atoms with Gasteiger partial charge in [0.25, 0.3) is 0 Å². The van der Waals surface area contributed by atoms with Gasteiger partial charge in [0.05, 0.1) is 15.9 Å². The van der Waals surface area contributed by atoms with Crippen molar-refractivity contribution in [2.75, 3.05) is 0 Å². The van der Waals surface area contributed by atoms with Crippen LogP contribution in [0.25, 0.3) is 0 Å². The van der Waals surface area contributed by atoms with Crippen molar-refractivity contribution in [2.24, 2.45) is 0 Å². The average Bonchev–Trinajstić information content (AvgIpc) is 1.91. The molecule has 0 aromatic heterocycles.